The van der Waals surface area contributed by atoms with Gasteiger partial charge in [-0.1, -0.05) is 19.9 Å². The van der Waals surface area contributed by atoms with Gasteiger partial charge in [-0.15, -0.1) is 0 Å². The first-order valence-electron chi connectivity index (χ1n) is 4.19. The van der Waals surface area contributed by atoms with Crippen LogP contribution in [0.25, 0.3) is 0 Å². The minimum Gasteiger partial charge on any atom is -0.501 e. The molecule has 0 aromatic carbocycles. The van der Waals surface area contributed by atoms with E-state index in [1.807, 2.05) is 0 Å². The highest BCUT2D eigenvalue weighted by Crippen LogP contribution is 1.92. The maximum Gasteiger partial charge on any atom is 0.309 e. The summed E-state index contributed by atoms with van der Waals surface area (Å²) in [7, 11) is 0. The molecular weight excluding hydrogens is 156 g/mol. The van der Waals surface area contributed by atoms with Crippen molar-refractivity contribution in [3.63, 3.8) is 0 Å². The van der Waals surface area contributed by atoms with Crippen LogP contribution in [0.15, 0.2) is 12.8 Å². The summed E-state index contributed by atoms with van der Waals surface area (Å²) in [5.41, 5.74) is 0. The normalized spacial score (nSPS) is 9.08. The molecule has 0 saturated heterocycles. The molecule has 0 aromatic heterocycles. The van der Waals surface area contributed by atoms with E-state index in [2.05, 4.69) is 13.5 Å². The number of hydrogen-bond donors (Lipinski definition) is 0. The van der Waals surface area contributed by atoms with Gasteiger partial charge in [0.2, 0.25) is 0 Å². The molecule has 0 spiro atoms. The second kappa shape index (κ2) is 8.11. The maximum atomic E-state index is 10.9. The van der Waals surface area contributed by atoms with E-state index in [-0.39, 0.29) is 5.97 Å². The van der Waals surface area contributed by atoms with Crippen molar-refractivity contribution >= 4 is 5.97 Å². The van der Waals surface area contributed by atoms with Crippen LogP contribution >= 0.6 is 0 Å². The van der Waals surface area contributed by atoms with Gasteiger partial charge in [0, 0.05) is 0 Å². The number of ether oxygens (including phenoxy) is 2. The number of carbonyl (C=O) groups is 1. The molecule has 0 radical (unpaired) electrons. The first kappa shape index (κ1) is 11.0. The van der Waals surface area contributed by atoms with E-state index in [9.17, 15) is 4.79 Å². The van der Waals surface area contributed by atoms with Crippen molar-refractivity contribution in [1.29, 1.82) is 0 Å². The van der Waals surface area contributed by atoms with Gasteiger partial charge in [0.15, 0.2) is 0 Å². The van der Waals surface area contributed by atoms with Crippen LogP contribution in [0.4, 0.5) is 0 Å². The molecule has 12 heavy (non-hydrogen) atoms. The summed E-state index contributed by atoms with van der Waals surface area (Å²) in [6.07, 6.45) is 3.58. The van der Waals surface area contributed by atoms with Crippen LogP contribution in [0.3, 0.4) is 0 Å². The molecule has 0 aliphatic heterocycles. The average Bonchev–Trinajstić information content (AvgIpc) is 2.06. The summed E-state index contributed by atoms with van der Waals surface area (Å²) in [6.45, 7) is 6.28. The highest BCUT2D eigenvalue weighted by molar-refractivity contribution is 5.69. The monoisotopic (exact) mass is 172 g/mol. The second-order valence-corrected chi connectivity index (χ2v) is 2.36. The van der Waals surface area contributed by atoms with Gasteiger partial charge in [-0.2, -0.15) is 0 Å². The molecule has 0 aliphatic rings. The minimum absolute atomic E-state index is 0.203. The van der Waals surface area contributed by atoms with E-state index < -0.39 is 0 Å². The number of rotatable bonds is 7. The lowest BCUT2D eigenvalue weighted by atomic mass is 10.4. The molecule has 70 valence electrons. The molecule has 0 heterocycles. The lowest BCUT2D eigenvalue weighted by Crippen LogP contribution is -2.07. The van der Waals surface area contributed by atoms with E-state index in [0.717, 1.165) is 12.8 Å². The summed E-state index contributed by atoms with van der Waals surface area (Å²) in [6, 6.07) is 0. The zero-order valence-corrected chi connectivity index (χ0v) is 7.54. The van der Waals surface area contributed by atoms with Crippen molar-refractivity contribution in [2.45, 2.75) is 26.2 Å². The zero-order chi connectivity index (χ0) is 9.23. The molecule has 0 aromatic rings. The molecule has 3 heteroatoms. The SMILES string of the molecule is C=COCCC(=O)OCCCC. The van der Waals surface area contributed by atoms with Crippen LogP contribution < -0.4 is 0 Å². The first-order valence-corrected chi connectivity index (χ1v) is 4.19. The predicted octanol–water partition coefficient (Wildman–Crippen LogP) is 1.88. The van der Waals surface area contributed by atoms with Gasteiger partial charge in [0.1, 0.15) is 0 Å². The molecule has 0 saturated carbocycles. The summed E-state index contributed by atoms with van der Waals surface area (Å²) in [4.78, 5) is 10.9. The molecule has 0 atom stereocenters. The van der Waals surface area contributed by atoms with Crippen LogP contribution in [0, 0.1) is 0 Å². The Hall–Kier alpha value is -0.990. The minimum atomic E-state index is -0.203. The largest absolute Gasteiger partial charge is 0.501 e. The lowest BCUT2D eigenvalue weighted by Gasteiger charge is -2.02. The molecule has 3 nitrogen and oxygen atoms in total. The Morgan fingerprint density at radius 1 is 1.50 bits per heavy atom. The van der Waals surface area contributed by atoms with E-state index >= 15 is 0 Å². The van der Waals surface area contributed by atoms with Crippen molar-refractivity contribution in [2.75, 3.05) is 13.2 Å². The fourth-order valence-electron chi connectivity index (χ4n) is 0.628. The Labute approximate surface area is 73.4 Å². The smallest absolute Gasteiger partial charge is 0.309 e. The van der Waals surface area contributed by atoms with Gasteiger partial charge in [0.25, 0.3) is 0 Å². The van der Waals surface area contributed by atoms with E-state index in [4.69, 9.17) is 9.47 Å². The standard InChI is InChI=1S/C9H16O3/c1-3-5-7-12-9(10)6-8-11-4-2/h4H,2-3,5-8H2,1H3. The number of esters is 1. The third-order valence-corrected chi connectivity index (χ3v) is 1.30. The molecule has 0 unspecified atom stereocenters. The van der Waals surface area contributed by atoms with Gasteiger partial charge in [-0.25, -0.2) is 0 Å². The fourth-order valence-corrected chi connectivity index (χ4v) is 0.628. The highest BCUT2D eigenvalue weighted by Gasteiger charge is 2.00. The van der Waals surface area contributed by atoms with Gasteiger partial charge in [0.05, 0.1) is 25.9 Å². The third-order valence-electron chi connectivity index (χ3n) is 1.30. The molecule has 0 bridgehead atoms. The van der Waals surface area contributed by atoms with E-state index in [1.54, 1.807) is 0 Å². The molecular formula is C9H16O3. The van der Waals surface area contributed by atoms with Gasteiger partial charge < -0.3 is 9.47 Å². The first-order chi connectivity index (χ1) is 5.81. The molecule has 0 N–H and O–H groups in total. The van der Waals surface area contributed by atoms with Crippen molar-refractivity contribution < 1.29 is 14.3 Å². The van der Waals surface area contributed by atoms with Crippen molar-refractivity contribution in [3.8, 4) is 0 Å². The van der Waals surface area contributed by atoms with E-state index in [0.29, 0.717) is 19.6 Å². The predicted molar refractivity (Wildman–Crippen MR) is 46.6 cm³/mol. The van der Waals surface area contributed by atoms with E-state index in [1.165, 1.54) is 6.26 Å². The summed E-state index contributed by atoms with van der Waals surface area (Å²) in [5, 5.41) is 0. The van der Waals surface area contributed by atoms with Crippen LogP contribution in [0.2, 0.25) is 0 Å². The number of hydrogen-bond acceptors (Lipinski definition) is 3. The molecule has 0 rings (SSSR count). The Bertz CT molecular complexity index is 132. The summed E-state index contributed by atoms with van der Waals surface area (Å²) in [5.74, 6) is -0.203. The van der Waals surface area contributed by atoms with Crippen molar-refractivity contribution in [1.82, 2.24) is 0 Å². The maximum absolute atomic E-state index is 10.9. The van der Waals surface area contributed by atoms with Gasteiger partial charge >= 0.3 is 5.97 Å². The number of carbonyl (C=O) groups excluding carboxylic acids is 1. The van der Waals surface area contributed by atoms with Crippen LogP contribution in [-0.4, -0.2) is 19.2 Å². The van der Waals surface area contributed by atoms with Gasteiger partial charge in [-0.3, -0.25) is 4.79 Å². The Morgan fingerprint density at radius 2 is 2.25 bits per heavy atom. The van der Waals surface area contributed by atoms with Crippen molar-refractivity contribution in [3.05, 3.63) is 12.8 Å². The third kappa shape index (κ3) is 7.12. The molecule has 0 aliphatic carbocycles. The molecule has 0 amide bonds. The average molecular weight is 172 g/mol. The lowest BCUT2D eigenvalue weighted by molar-refractivity contribution is -0.144. The van der Waals surface area contributed by atoms with Crippen molar-refractivity contribution in [2.24, 2.45) is 0 Å². The Morgan fingerprint density at radius 3 is 2.83 bits per heavy atom. The Balaban J connectivity index is 3.15. The number of unbranched alkanes of at least 4 members (excludes halogenated alkanes) is 1. The summed E-state index contributed by atoms with van der Waals surface area (Å²) < 4.78 is 9.65. The summed E-state index contributed by atoms with van der Waals surface area (Å²) >= 11 is 0. The van der Waals surface area contributed by atoms with Crippen LogP contribution in [-0.2, 0) is 14.3 Å². The van der Waals surface area contributed by atoms with Gasteiger partial charge in [-0.05, 0) is 6.42 Å². The quantitative estimate of drug-likeness (QED) is 0.334. The second-order valence-electron chi connectivity index (χ2n) is 2.36. The Kier molecular flexibility index (Phi) is 7.44. The highest BCUT2D eigenvalue weighted by atomic mass is 16.5. The fraction of sp³-hybridized carbons (Fsp3) is 0.667. The topological polar surface area (TPSA) is 35.5 Å². The van der Waals surface area contributed by atoms with Crippen LogP contribution in [0.1, 0.15) is 26.2 Å². The van der Waals surface area contributed by atoms with Crippen LogP contribution in [0.5, 0.6) is 0 Å². The zero-order valence-electron chi connectivity index (χ0n) is 7.54. The molecule has 0 fully saturated rings.